The maximum absolute atomic E-state index is 14.6. The monoisotopic (exact) mass is 479 g/mol. The van der Waals surface area contributed by atoms with Crippen LogP contribution in [0, 0.1) is 11.7 Å². The number of aromatic carboxylic acids is 1. The van der Waals surface area contributed by atoms with Crippen molar-refractivity contribution in [2.24, 2.45) is 5.92 Å². The molecule has 10 heteroatoms. The van der Waals surface area contributed by atoms with Crippen molar-refractivity contribution in [3.63, 3.8) is 0 Å². The standard InChI is InChI=1S/C23H23ClFNO7/c1-10(2)16(9-27)26-8-14(23(31)32)22(30)12-6-13(18(33-3)7-15(12)26)21(29)11-4-5-17(28)19(24)20(11)25/h4-8,10,16,21,27-29H,9H2,1-3H3,(H,31,32)/t16-,21?/m1/s1. The number of aliphatic hydroxyl groups excluding tert-OH is 2. The van der Waals surface area contributed by atoms with Crippen LogP contribution in [0.25, 0.3) is 10.9 Å². The van der Waals surface area contributed by atoms with Crippen LogP contribution in [0.3, 0.4) is 0 Å². The Hall–Kier alpha value is -3.14. The van der Waals surface area contributed by atoms with Crippen LogP contribution in [0.15, 0.2) is 35.3 Å². The van der Waals surface area contributed by atoms with Crippen LogP contribution >= 0.6 is 11.6 Å². The van der Waals surface area contributed by atoms with E-state index in [4.69, 9.17) is 16.3 Å². The lowest BCUT2D eigenvalue weighted by atomic mass is 9.96. The molecule has 3 rings (SSSR count). The SMILES string of the molecule is COc1cc2c(cc1C(O)c1ccc(O)c(Cl)c1F)c(=O)c(C(=O)O)cn2[C@H](CO)C(C)C. The van der Waals surface area contributed by atoms with Crippen LogP contribution in [0.1, 0.15) is 47.5 Å². The second-order valence-electron chi connectivity index (χ2n) is 7.89. The Morgan fingerprint density at radius 2 is 1.91 bits per heavy atom. The number of methoxy groups -OCH3 is 1. The zero-order valence-corrected chi connectivity index (χ0v) is 18.8. The van der Waals surface area contributed by atoms with Gasteiger partial charge in [-0.3, -0.25) is 4.79 Å². The number of aromatic nitrogens is 1. The van der Waals surface area contributed by atoms with Gasteiger partial charge in [0.05, 0.1) is 25.3 Å². The van der Waals surface area contributed by atoms with Gasteiger partial charge in [-0.05, 0) is 24.1 Å². The smallest absolute Gasteiger partial charge is 0.341 e. The number of benzene rings is 2. The van der Waals surface area contributed by atoms with E-state index in [1.807, 2.05) is 13.8 Å². The number of carboxylic acid groups (broad SMARTS) is 1. The first-order valence-electron chi connectivity index (χ1n) is 9.99. The molecule has 1 unspecified atom stereocenters. The van der Waals surface area contributed by atoms with Gasteiger partial charge in [-0.25, -0.2) is 9.18 Å². The molecule has 3 aromatic rings. The van der Waals surface area contributed by atoms with Crippen molar-refractivity contribution in [2.75, 3.05) is 13.7 Å². The van der Waals surface area contributed by atoms with Crippen LogP contribution in [0.5, 0.6) is 11.5 Å². The number of pyridine rings is 1. The summed E-state index contributed by atoms with van der Waals surface area (Å²) in [7, 11) is 1.32. The average molecular weight is 480 g/mol. The number of phenols is 1. The van der Waals surface area contributed by atoms with Crippen molar-refractivity contribution in [1.29, 1.82) is 0 Å². The number of aliphatic hydroxyl groups is 2. The molecular formula is C23H23ClFNO7. The van der Waals surface area contributed by atoms with Gasteiger partial charge in [0.1, 0.15) is 28.2 Å². The van der Waals surface area contributed by atoms with Crippen molar-refractivity contribution < 1.29 is 34.3 Å². The van der Waals surface area contributed by atoms with Gasteiger partial charge in [0, 0.05) is 28.8 Å². The molecule has 0 aliphatic heterocycles. The summed E-state index contributed by atoms with van der Waals surface area (Å²) in [5, 5.41) is 39.3. The second-order valence-corrected chi connectivity index (χ2v) is 8.27. The van der Waals surface area contributed by atoms with Crippen LogP contribution < -0.4 is 10.2 Å². The molecule has 176 valence electrons. The summed E-state index contributed by atoms with van der Waals surface area (Å²) < 4.78 is 21.5. The Labute approximate surface area is 193 Å². The largest absolute Gasteiger partial charge is 0.506 e. The van der Waals surface area contributed by atoms with E-state index in [9.17, 15) is 34.4 Å². The van der Waals surface area contributed by atoms with E-state index in [0.717, 1.165) is 12.1 Å². The van der Waals surface area contributed by atoms with Gasteiger partial charge in [0.2, 0.25) is 5.43 Å². The van der Waals surface area contributed by atoms with E-state index in [1.165, 1.54) is 30.0 Å². The fraction of sp³-hybridized carbons (Fsp3) is 0.304. The summed E-state index contributed by atoms with van der Waals surface area (Å²) in [5.74, 6) is -3.04. The van der Waals surface area contributed by atoms with E-state index >= 15 is 0 Å². The highest BCUT2D eigenvalue weighted by Gasteiger charge is 2.26. The number of hydrogen-bond donors (Lipinski definition) is 4. The minimum absolute atomic E-state index is 0.0121. The summed E-state index contributed by atoms with van der Waals surface area (Å²) in [4.78, 5) is 24.7. The topological polar surface area (TPSA) is 129 Å². The van der Waals surface area contributed by atoms with Gasteiger partial charge in [-0.15, -0.1) is 0 Å². The third kappa shape index (κ3) is 4.27. The van der Waals surface area contributed by atoms with E-state index in [1.54, 1.807) is 0 Å². The third-order valence-corrected chi connectivity index (χ3v) is 5.97. The Morgan fingerprint density at radius 1 is 1.24 bits per heavy atom. The van der Waals surface area contributed by atoms with Crippen molar-refractivity contribution in [2.45, 2.75) is 26.0 Å². The minimum Gasteiger partial charge on any atom is -0.506 e. The van der Waals surface area contributed by atoms with Crippen molar-refractivity contribution in [1.82, 2.24) is 4.57 Å². The molecule has 0 amide bonds. The average Bonchev–Trinajstić information content (AvgIpc) is 2.77. The highest BCUT2D eigenvalue weighted by Crippen LogP contribution is 2.38. The lowest BCUT2D eigenvalue weighted by Crippen LogP contribution is -2.25. The lowest BCUT2D eigenvalue weighted by molar-refractivity contribution is 0.0694. The molecule has 0 spiro atoms. The molecule has 2 atom stereocenters. The van der Waals surface area contributed by atoms with E-state index in [0.29, 0.717) is 0 Å². The Morgan fingerprint density at radius 3 is 2.45 bits per heavy atom. The number of aromatic hydroxyl groups is 1. The van der Waals surface area contributed by atoms with E-state index < -0.39 is 45.7 Å². The molecule has 0 bridgehead atoms. The number of phenolic OH excluding ortho intramolecular Hbond substituents is 1. The molecule has 2 aromatic carbocycles. The summed E-state index contributed by atoms with van der Waals surface area (Å²) in [6.07, 6.45) is -0.481. The van der Waals surface area contributed by atoms with Crippen LogP contribution in [-0.4, -0.2) is 44.7 Å². The summed E-state index contributed by atoms with van der Waals surface area (Å²) in [6, 6.07) is 4.35. The molecule has 1 aromatic heterocycles. The van der Waals surface area contributed by atoms with Gasteiger partial charge >= 0.3 is 5.97 Å². The Bertz CT molecular complexity index is 1290. The zero-order chi connectivity index (χ0) is 24.6. The number of hydrogen-bond acceptors (Lipinski definition) is 6. The van der Waals surface area contributed by atoms with Gasteiger partial charge < -0.3 is 29.7 Å². The molecule has 8 nitrogen and oxygen atoms in total. The van der Waals surface area contributed by atoms with E-state index in [2.05, 4.69) is 0 Å². The predicted molar refractivity (Wildman–Crippen MR) is 120 cm³/mol. The number of ether oxygens (including phenoxy) is 1. The van der Waals surface area contributed by atoms with Crippen LogP contribution in [0.2, 0.25) is 5.02 Å². The Balaban J connectivity index is 2.38. The molecule has 0 radical (unpaired) electrons. The summed E-state index contributed by atoms with van der Waals surface area (Å²) >= 11 is 5.76. The molecule has 0 aliphatic rings. The third-order valence-electron chi connectivity index (χ3n) is 5.61. The highest BCUT2D eigenvalue weighted by atomic mass is 35.5. The van der Waals surface area contributed by atoms with Crippen molar-refractivity contribution in [3.8, 4) is 11.5 Å². The number of carboxylic acids is 1. The lowest BCUT2D eigenvalue weighted by Gasteiger charge is -2.26. The minimum atomic E-state index is -1.65. The van der Waals surface area contributed by atoms with Gasteiger partial charge in [0.25, 0.3) is 0 Å². The first kappa shape index (κ1) is 24.5. The molecule has 0 saturated carbocycles. The first-order chi connectivity index (χ1) is 15.5. The quantitative estimate of drug-likeness (QED) is 0.408. The number of fused-ring (bicyclic) bond motifs is 1. The van der Waals surface area contributed by atoms with E-state index in [-0.39, 0.29) is 40.3 Å². The highest BCUT2D eigenvalue weighted by molar-refractivity contribution is 6.32. The van der Waals surface area contributed by atoms with Crippen LogP contribution in [-0.2, 0) is 0 Å². The molecule has 0 fully saturated rings. The van der Waals surface area contributed by atoms with Gasteiger partial charge in [0.15, 0.2) is 5.82 Å². The molecule has 0 aliphatic carbocycles. The molecular weight excluding hydrogens is 457 g/mol. The maximum Gasteiger partial charge on any atom is 0.341 e. The van der Waals surface area contributed by atoms with Gasteiger partial charge in [-0.1, -0.05) is 25.4 Å². The number of nitrogens with zero attached hydrogens (tertiary/aromatic N) is 1. The number of carbonyl (C=O) groups is 1. The number of rotatable bonds is 7. The maximum atomic E-state index is 14.6. The predicted octanol–water partition coefficient (Wildman–Crippen LogP) is 3.48. The Kier molecular flexibility index (Phi) is 6.97. The fourth-order valence-electron chi connectivity index (χ4n) is 3.76. The molecule has 1 heterocycles. The zero-order valence-electron chi connectivity index (χ0n) is 18.0. The number of halogens is 2. The fourth-order valence-corrected chi connectivity index (χ4v) is 3.94. The molecule has 0 saturated heterocycles. The second kappa shape index (κ2) is 9.38. The van der Waals surface area contributed by atoms with Crippen LogP contribution in [0.4, 0.5) is 4.39 Å². The van der Waals surface area contributed by atoms with Crippen molar-refractivity contribution in [3.05, 3.63) is 68.2 Å². The molecule has 4 N–H and O–H groups in total. The molecule has 33 heavy (non-hydrogen) atoms. The first-order valence-corrected chi connectivity index (χ1v) is 10.4. The normalized spacial score (nSPS) is 13.3. The van der Waals surface area contributed by atoms with Crippen molar-refractivity contribution >= 4 is 28.5 Å². The summed E-state index contributed by atoms with van der Waals surface area (Å²) in [6.45, 7) is 3.34. The van der Waals surface area contributed by atoms with Gasteiger partial charge in [-0.2, -0.15) is 0 Å². The summed E-state index contributed by atoms with van der Waals surface area (Å²) in [5.41, 5.74) is -1.35.